The monoisotopic (exact) mass is 546 g/mol. The van der Waals surface area contributed by atoms with Gasteiger partial charge in [-0.2, -0.15) is 0 Å². The SMILES string of the molecule is O=C(C[C@]1(COc2ccc(Cl)cc2)CCCN(C(=O)Cc2ccccc2Br)C1)N1CCCCC1. The molecule has 2 heterocycles. The van der Waals surface area contributed by atoms with Crippen molar-refractivity contribution in [1.29, 1.82) is 0 Å². The normalized spacial score (nSPS) is 20.8. The molecule has 0 saturated carbocycles. The van der Waals surface area contributed by atoms with Gasteiger partial charge in [-0.3, -0.25) is 9.59 Å². The van der Waals surface area contributed by atoms with Crippen molar-refractivity contribution < 1.29 is 14.3 Å². The van der Waals surface area contributed by atoms with Crippen molar-refractivity contribution in [2.24, 2.45) is 5.41 Å². The number of hydrogen-bond acceptors (Lipinski definition) is 3. The zero-order valence-corrected chi connectivity index (χ0v) is 21.8. The van der Waals surface area contributed by atoms with Gasteiger partial charge in [0.25, 0.3) is 0 Å². The van der Waals surface area contributed by atoms with Gasteiger partial charge in [0.15, 0.2) is 0 Å². The van der Waals surface area contributed by atoms with Crippen molar-refractivity contribution in [3.05, 3.63) is 63.6 Å². The fraction of sp³-hybridized carbons (Fsp3) is 0.481. The summed E-state index contributed by atoms with van der Waals surface area (Å²) in [7, 11) is 0. The van der Waals surface area contributed by atoms with Gasteiger partial charge in [0.2, 0.25) is 11.8 Å². The Bertz CT molecular complexity index is 994. The van der Waals surface area contributed by atoms with E-state index in [4.69, 9.17) is 16.3 Å². The van der Waals surface area contributed by atoms with Crippen LogP contribution in [0, 0.1) is 5.41 Å². The number of nitrogens with zero attached hydrogens (tertiary/aromatic N) is 2. The van der Waals surface area contributed by atoms with Gasteiger partial charge in [-0.15, -0.1) is 0 Å². The first-order chi connectivity index (χ1) is 16.4. The number of amides is 2. The van der Waals surface area contributed by atoms with Crippen LogP contribution in [0.2, 0.25) is 5.02 Å². The number of carbonyl (C=O) groups excluding carboxylic acids is 2. The Morgan fingerprint density at radius 1 is 0.912 bits per heavy atom. The molecule has 2 saturated heterocycles. The third kappa shape index (κ3) is 6.54. The van der Waals surface area contributed by atoms with E-state index >= 15 is 0 Å². The second kappa shape index (κ2) is 11.6. The molecule has 5 nitrogen and oxygen atoms in total. The average Bonchev–Trinajstić information content (AvgIpc) is 2.86. The van der Waals surface area contributed by atoms with Crippen molar-refractivity contribution >= 4 is 39.3 Å². The third-order valence-electron chi connectivity index (χ3n) is 6.91. The summed E-state index contributed by atoms with van der Waals surface area (Å²) in [5.41, 5.74) is 0.571. The molecular formula is C27H32BrClN2O3. The molecule has 2 aliphatic heterocycles. The van der Waals surface area contributed by atoms with Crippen LogP contribution in [0.4, 0.5) is 0 Å². The summed E-state index contributed by atoms with van der Waals surface area (Å²) < 4.78 is 7.13. The molecule has 0 bridgehead atoms. The third-order valence-corrected chi connectivity index (χ3v) is 7.93. The van der Waals surface area contributed by atoms with E-state index in [0.29, 0.717) is 37.6 Å². The average molecular weight is 548 g/mol. The van der Waals surface area contributed by atoms with Crippen LogP contribution in [0.1, 0.15) is 44.1 Å². The predicted octanol–water partition coefficient (Wildman–Crippen LogP) is 5.74. The van der Waals surface area contributed by atoms with Crippen molar-refractivity contribution in [2.75, 3.05) is 32.8 Å². The van der Waals surface area contributed by atoms with E-state index in [1.165, 1.54) is 6.42 Å². The molecule has 0 aliphatic carbocycles. The molecule has 0 unspecified atom stereocenters. The van der Waals surface area contributed by atoms with E-state index in [2.05, 4.69) is 15.9 Å². The second-order valence-electron chi connectivity index (χ2n) is 9.55. The maximum Gasteiger partial charge on any atom is 0.227 e. The lowest BCUT2D eigenvalue weighted by atomic mass is 9.77. The molecule has 0 aromatic heterocycles. The molecular weight excluding hydrogens is 516 g/mol. The van der Waals surface area contributed by atoms with E-state index in [-0.39, 0.29) is 11.8 Å². The molecule has 2 fully saturated rings. The van der Waals surface area contributed by atoms with E-state index in [0.717, 1.165) is 54.6 Å². The first-order valence-corrected chi connectivity index (χ1v) is 13.3. The fourth-order valence-corrected chi connectivity index (χ4v) is 5.54. The molecule has 1 atom stereocenters. The minimum absolute atomic E-state index is 0.0906. The second-order valence-corrected chi connectivity index (χ2v) is 10.8. The predicted molar refractivity (Wildman–Crippen MR) is 138 cm³/mol. The Kier molecular flexibility index (Phi) is 8.54. The lowest BCUT2D eigenvalue weighted by Gasteiger charge is -2.43. The number of hydrogen-bond donors (Lipinski definition) is 0. The van der Waals surface area contributed by atoms with Gasteiger partial charge in [0.1, 0.15) is 5.75 Å². The number of piperidine rings is 2. The van der Waals surface area contributed by atoms with Gasteiger partial charge >= 0.3 is 0 Å². The molecule has 34 heavy (non-hydrogen) atoms. The highest BCUT2D eigenvalue weighted by Gasteiger charge is 2.41. The molecule has 2 aromatic rings. The van der Waals surface area contributed by atoms with Gasteiger partial charge < -0.3 is 14.5 Å². The summed E-state index contributed by atoms with van der Waals surface area (Å²) in [6, 6.07) is 15.1. The summed E-state index contributed by atoms with van der Waals surface area (Å²) >= 11 is 9.57. The van der Waals surface area contributed by atoms with Crippen molar-refractivity contribution in [3.63, 3.8) is 0 Å². The van der Waals surface area contributed by atoms with Crippen molar-refractivity contribution in [2.45, 2.75) is 44.9 Å². The van der Waals surface area contributed by atoms with E-state index in [1.54, 1.807) is 12.1 Å². The van der Waals surface area contributed by atoms with Crippen LogP contribution >= 0.6 is 27.5 Å². The lowest BCUT2D eigenvalue weighted by Crippen LogP contribution is -2.51. The minimum atomic E-state index is -0.407. The molecule has 2 aromatic carbocycles. The van der Waals surface area contributed by atoms with Crippen LogP contribution in [0.3, 0.4) is 0 Å². The number of benzene rings is 2. The fourth-order valence-electron chi connectivity index (χ4n) is 4.99. The largest absolute Gasteiger partial charge is 0.493 e. The highest BCUT2D eigenvalue weighted by molar-refractivity contribution is 9.10. The summed E-state index contributed by atoms with van der Waals surface area (Å²) in [6.45, 7) is 3.30. The van der Waals surface area contributed by atoms with Crippen LogP contribution in [0.5, 0.6) is 5.75 Å². The Balaban J connectivity index is 1.49. The lowest BCUT2D eigenvalue weighted by molar-refractivity contribution is -0.141. The Morgan fingerprint density at radius 2 is 1.62 bits per heavy atom. The topological polar surface area (TPSA) is 49.9 Å². The first-order valence-electron chi connectivity index (χ1n) is 12.1. The van der Waals surface area contributed by atoms with E-state index in [1.807, 2.05) is 46.2 Å². The standard InChI is InChI=1S/C27H32BrClN2O3/c28-24-8-3-2-7-21(24)17-25(32)31-16-6-13-27(19-31,18-26(33)30-14-4-1-5-15-30)20-34-23-11-9-22(29)10-12-23/h2-3,7-12H,1,4-6,13-20H2/t27-/m1/s1. The van der Waals surface area contributed by atoms with E-state index in [9.17, 15) is 9.59 Å². The molecule has 182 valence electrons. The van der Waals surface area contributed by atoms with Crippen LogP contribution < -0.4 is 4.74 Å². The minimum Gasteiger partial charge on any atom is -0.493 e. The molecule has 0 spiro atoms. The van der Waals surface area contributed by atoms with Gasteiger partial charge in [-0.25, -0.2) is 0 Å². The van der Waals surface area contributed by atoms with E-state index < -0.39 is 5.41 Å². The molecule has 4 rings (SSSR count). The highest BCUT2D eigenvalue weighted by atomic mass is 79.9. The Labute approximate surface area is 215 Å². The van der Waals surface area contributed by atoms with Crippen LogP contribution in [-0.2, 0) is 16.0 Å². The summed E-state index contributed by atoms with van der Waals surface area (Å²) in [4.78, 5) is 30.5. The number of carbonyl (C=O) groups is 2. The van der Waals surface area contributed by atoms with Crippen molar-refractivity contribution in [1.82, 2.24) is 9.80 Å². The Hall–Kier alpha value is -2.05. The van der Waals surface area contributed by atoms with Gasteiger partial charge in [0, 0.05) is 47.5 Å². The summed E-state index contributed by atoms with van der Waals surface area (Å²) in [5.74, 6) is 0.998. The summed E-state index contributed by atoms with van der Waals surface area (Å²) in [5, 5.41) is 0.656. The maximum absolute atomic E-state index is 13.3. The molecule has 7 heteroatoms. The maximum atomic E-state index is 13.3. The zero-order valence-electron chi connectivity index (χ0n) is 19.5. The van der Waals surface area contributed by atoms with Crippen LogP contribution in [0.15, 0.2) is 53.0 Å². The molecule has 2 aliphatic rings. The molecule has 2 amide bonds. The van der Waals surface area contributed by atoms with Gasteiger partial charge in [-0.05, 0) is 68.0 Å². The van der Waals surface area contributed by atoms with Crippen molar-refractivity contribution in [3.8, 4) is 5.75 Å². The first kappa shape index (κ1) is 25.1. The smallest absolute Gasteiger partial charge is 0.227 e. The number of halogens is 2. The zero-order chi connectivity index (χ0) is 24.0. The van der Waals surface area contributed by atoms with Crippen LogP contribution in [-0.4, -0.2) is 54.4 Å². The number of ether oxygens (including phenoxy) is 1. The molecule has 0 radical (unpaired) electrons. The van der Waals surface area contributed by atoms with Gasteiger partial charge in [-0.1, -0.05) is 45.7 Å². The summed E-state index contributed by atoms with van der Waals surface area (Å²) in [6.07, 6.45) is 5.78. The molecule has 0 N–H and O–H groups in total. The number of likely N-dealkylation sites (tertiary alicyclic amines) is 2. The number of rotatable bonds is 7. The quantitative estimate of drug-likeness (QED) is 0.444. The van der Waals surface area contributed by atoms with Gasteiger partial charge in [0.05, 0.1) is 13.0 Å². The van der Waals surface area contributed by atoms with Crippen LogP contribution in [0.25, 0.3) is 0 Å². The highest BCUT2D eigenvalue weighted by Crippen LogP contribution is 2.36. The Morgan fingerprint density at radius 3 is 2.35 bits per heavy atom.